The molecule has 0 aliphatic carbocycles. The second-order valence-electron chi connectivity index (χ2n) is 4.22. The van der Waals surface area contributed by atoms with Crippen molar-refractivity contribution in [2.75, 3.05) is 7.05 Å². The monoisotopic (exact) mass is 418 g/mol. The molecule has 1 aliphatic rings. The van der Waals surface area contributed by atoms with Crippen LogP contribution >= 0.6 is 0 Å². The van der Waals surface area contributed by atoms with Gasteiger partial charge in [0, 0.05) is 0 Å². The van der Waals surface area contributed by atoms with Crippen LogP contribution in [0.4, 0.5) is 7.77 Å². The molecule has 3 atom stereocenters. The predicted octanol–water partition coefficient (Wildman–Crippen LogP) is 1.60. The third kappa shape index (κ3) is 3.71. The van der Waals surface area contributed by atoms with Crippen LogP contribution in [0.1, 0.15) is 0 Å². The fourth-order valence-corrected chi connectivity index (χ4v) is 14.1. The fourth-order valence-electron chi connectivity index (χ4n) is 0.850. The molecule has 0 aromatic carbocycles. The summed E-state index contributed by atoms with van der Waals surface area (Å²) in [6, 6.07) is 0. The molecular weight excluding hydrogens is 405 g/mol. The van der Waals surface area contributed by atoms with Gasteiger partial charge in [0.2, 0.25) is 0 Å². The average molecular weight is 417 g/mol. The Morgan fingerprint density at radius 1 is 0.941 bits per heavy atom. The Hall–Kier alpha value is 0.469. The number of nitrogens with zero attached hydrogens (tertiary/aromatic N) is 4. The molecular formula is C4H12F2N4O3S3Sn. The first kappa shape index (κ1) is 15.5. The summed E-state index contributed by atoms with van der Waals surface area (Å²) < 4.78 is 69.4. The van der Waals surface area contributed by atoms with Crippen molar-refractivity contribution in [1.29, 1.82) is 0 Å². The molecule has 0 fully saturated rings. The van der Waals surface area contributed by atoms with Gasteiger partial charge in [-0.3, -0.25) is 0 Å². The van der Waals surface area contributed by atoms with Crippen LogP contribution < -0.4 is 0 Å². The zero-order chi connectivity index (χ0) is 13.7. The van der Waals surface area contributed by atoms with Crippen LogP contribution in [0.5, 0.6) is 0 Å². The summed E-state index contributed by atoms with van der Waals surface area (Å²) in [6.45, 7) is 0. The molecule has 0 amide bonds. The van der Waals surface area contributed by atoms with Crippen LogP contribution in [0.3, 0.4) is 0 Å². The van der Waals surface area contributed by atoms with E-state index in [1.165, 1.54) is 7.05 Å². The first-order chi connectivity index (χ1) is 7.28. The maximum atomic E-state index is 13.1. The number of hydrogen-bond acceptors (Lipinski definition) is 3. The molecule has 0 saturated heterocycles. The van der Waals surface area contributed by atoms with Crippen molar-refractivity contribution in [2.24, 2.45) is 11.3 Å². The first-order valence-corrected chi connectivity index (χ1v) is 18.3. The number of hydrogen-bond donors (Lipinski definition) is 0. The molecule has 0 aromatic heterocycles. The zero-order valence-corrected chi connectivity index (χ0v) is 14.8. The van der Waals surface area contributed by atoms with Gasteiger partial charge >= 0.3 is 105 Å². The van der Waals surface area contributed by atoms with Gasteiger partial charge in [-0.2, -0.15) is 0 Å². The fraction of sp³-hybridized carbons (Fsp3) is 1.00. The van der Waals surface area contributed by atoms with Gasteiger partial charge < -0.3 is 0 Å². The van der Waals surface area contributed by atoms with Gasteiger partial charge in [0.05, 0.1) is 0 Å². The van der Waals surface area contributed by atoms with Crippen LogP contribution in [-0.2, 0) is 30.7 Å². The molecule has 0 saturated carbocycles. The van der Waals surface area contributed by atoms with Crippen molar-refractivity contribution in [1.82, 2.24) is 2.53 Å². The van der Waals surface area contributed by atoms with Crippen molar-refractivity contribution >= 4 is 49.4 Å². The molecule has 17 heavy (non-hydrogen) atoms. The quantitative estimate of drug-likeness (QED) is 0.505. The number of halogens is 2. The van der Waals surface area contributed by atoms with Crippen LogP contribution in [0.25, 0.3) is 0 Å². The molecule has 1 unspecified atom stereocenters. The summed E-state index contributed by atoms with van der Waals surface area (Å²) in [7, 11) is -12.5. The topological polar surface area (TPSA) is 91.5 Å². The second kappa shape index (κ2) is 4.24. The van der Waals surface area contributed by atoms with Crippen molar-refractivity contribution < 1.29 is 20.4 Å². The molecule has 0 spiro atoms. The van der Waals surface area contributed by atoms with E-state index in [4.69, 9.17) is 0 Å². The van der Waals surface area contributed by atoms with Crippen molar-refractivity contribution in [3.8, 4) is 0 Å². The van der Waals surface area contributed by atoms with E-state index in [0.717, 1.165) is 2.53 Å². The van der Waals surface area contributed by atoms with E-state index in [9.17, 15) is 20.4 Å². The summed E-state index contributed by atoms with van der Waals surface area (Å²) in [5, 5.41) is 0. The number of rotatable bonds is 2. The third-order valence-corrected chi connectivity index (χ3v) is 18.2. The molecule has 0 N–H and O–H groups in total. The summed E-state index contributed by atoms with van der Waals surface area (Å²) in [6.07, 6.45) is 0. The summed E-state index contributed by atoms with van der Waals surface area (Å²) in [5.41, 5.74) is 0. The van der Waals surface area contributed by atoms with Gasteiger partial charge in [-0.05, 0) is 0 Å². The molecule has 1 heterocycles. The van der Waals surface area contributed by atoms with Crippen molar-refractivity contribution in [3.05, 3.63) is 0 Å². The van der Waals surface area contributed by atoms with E-state index in [0.29, 0.717) is 0 Å². The van der Waals surface area contributed by atoms with E-state index in [1.54, 1.807) is 14.8 Å². The Labute approximate surface area is 105 Å². The minimum atomic E-state index is -4.93. The van der Waals surface area contributed by atoms with E-state index in [1.807, 2.05) is 0 Å². The van der Waals surface area contributed by atoms with E-state index in [2.05, 4.69) is 11.3 Å². The Morgan fingerprint density at radius 2 is 1.35 bits per heavy atom. The summed E-state index contributed by atoms with van der Waals surface area (Å²) in [4.78, 5) is 5.33. The normalized spacial score (nSPS) is 42.5. The molecule has 7 nitrogen and oxygen atoms in total. The van der Waals surface area contributed by atoms with Gasteiger partial charge in [-0.15, -0.1) is 0 Å². The minimum absolute atomic E-state index is 1.11. The Morgan fingerprint density at radius 3 is 1.71 bits per heavy atom. The standard InChI is InChI=1S/CH3F2N4O3S3.3CH3.Sn/c1-4-13(10)6-11(2,8)5-12(3,9)7-13;;;;/h1H3;3*1H3;/q-1;;;;+1/t11-,12+,13?;;;;. The second-order valence-corrected chi connectivity index (χ2v) is 24.5. The zero-order valence-electron chi connectivity index (χ0n) is 9.49. The van der Waals surface area contributed by atoms with Gasteiger partial charge in [-0.25, -0.2) is 0 Å². The van der Waals surface area contributed by atoms with Gasteiger partial charge in [0.15, 0.2) is 0 Å². The van der Waals surface area contributed by atoms with Gasteiger partial charge in [0.1, 0.15) is 0 Å². The molecule has 0 aromatic rings. The first-order valence-electron chi connectivity index (χ1n) is 4.26. The SMILES string of the molecule is C[N](S1(=O)=N[S@@](=O)(F)=N[S@@](=O)(F)=N1)[Sn]([CH3])([CH3])[CH3]. The van der Waals surface area contributed by atoms with E-state index < -0.39 is 49.4 Å². The van der Waals surface area contributed by atoms with Crippen LogP contribution in [-0.4, -0.2) is 40.9 Å². The van der Waals surface area contributed by atoms with E-state index in [-0.39, 0.29) is 0 Å². The van der Waals surface area contributed by atoms with Crippen molar-refractivity contribution in [2.45, 2.75) is 14.8 Å². The molecule has 0 radical (unpaired) electrons. The van der Waals surface area contributed by atoms with Crippen LogP contribution in [0.15, 0.2) is 11.3 Å². The van der Waals surface area contributed by atoms with Crippen molar-refractivity contribution in [3.63, 3.8) is 0 Å². The molecule has 13 heteroatoms. The van der Waals surface area contributed by atoms with E-state index >= 15 is 0 Å². The predicted molar refractivity (Wildman–Crippen MR) is 65.0 cm³/mol. The Kier molecular flexibility index (Phi) is 3.88. The van der Waals surface area contributed by atoms with Crippen LogP contribution in [0, 0.1) is 0 Å². The molecule has 102 valence electrons. The maximum absolute atomic E-state index is 13.1. The summed E-state index contributed by atoms with van der Waals surface area (Å²) >= 11 is -3.05. The Bertz CT molecular complexity index is 673. The summed E-state index contributed by atoms with van der Waals surface area (Å²) in [5.74, 6) is 0. The third-order valence-electron chi connectivity index (χ3n) is 1.86. The molecule has 0 bridgehead atoms. The van der Waals surface area contributed by atoms with Gasteiger partial charge in [-0.1, -0.05) is 0 Å². The molecule has 1 aliphatic heterocycles. The average Bonchev–Trinajstić information content (AvgIpc) is 1.93. The molecule has 1 rings (SSSR count). The van der Waals surface area contributed by atoms with Crippen LogP contribution in [0.2, 0.25) is 14.8 Å². The Balaban J connectivity index is 3.66. The van der Waals surface area contributed by atoms with Gasteiger partial charge in [0.25, 0.3) is 0 Å².